The Labute approximate surface area is 185 Å². The molecule has 31 heavy (non-hydrogen) atoms. The molecule has 6 nitrogen and oxygen atoms in total. The van der Waals surface area contributed by atoms with Gasteiger partial charge in [0.25, 0.3) is 5.91 Å². The van der Waals surface area contributed by atoms with Crippen LogP contribution in [0.4, 0.5) is 24.5 Å². The van der Waals surface area contributed by atoms with Crippen LogP contribution in [-0.4, -0.2) is 24.4 Å². The van der Waals surface area contributed by atoms with Gasteiger partial charge in [-0.1, -0.05) is 29.3 Å². The number of esters is 1. The van der Waals surface area contributed by atoms with Crippen molar-refractivity contribution < 1.29 is 32.3 Å². The number of halogens is 5. The van der Waals surface area contributed by atoms with Crippen molar-refractivity contribution in [3.05, 3.63) is 57.6 Å². The quantitative estimate of drug-likeness (QED) is 0.536. The van der Waals surface area contributed by atoms with E-state index in [4.69, 9.17) is 27.9 Å². The van der Waals surface area contributed by atoms with Gasteiger partial charge in [0.2, 0.25) is 5.91 Å². The third-order valence-electron chi connectivity index (χ3n) is 4.03. The summed E-state index contributed by atoms with van der Waals surface area (Å²) in [5.41, 5.74) is -0.0987. The maximum Gasteiger partial charge on any atom is 0.416 e. The molecule has 0 aliphatic carbocycles. The van der Waals surface area contributed by atoms with Crippen LogP contribution in [-0.2, 0) is 25.3 Å². The van der Waals surface area contributed by atoms with Crippen molar-refractivity contribution in [2.45, 2.75) is 25.9 Å². The highest BCUT2D eigenvalue weighted by atomic mass is 35.5. The standard InChI is InChI=1S/C20H17Cl2F3N2O4/c1-11-13(21)3-2-4-15(11)26-18(29)10-31-19(30)8-7-17(28)27-16-9-12(20(23,24)25)5-6-14(16)22/h2-6,9H,7-8,10H2,1H3,(H,26,29)(H,27,28). The van der Waals surface area contributed by atoms with Gasteiger partial charge in [0.05, 0.1) is 22.7 Å². The summed E-state index contributed by atoms with van der Waals surface area (Å²) in [7, 11) is 0. The number of benzene rings is 2. The lowest BCUT2D eigenvalue weighted by atomic mass is 10.2. The predicted octanol–water partition coefficient (Wildman–Crippen LogP) is 5.22. The second-order valence-electron chi connectivity index (χ2n) is 6.36. The Morgan fingerprint density at radius 1 is 0.935 bits per heavy atom. The maximum absolute atomic E-state index is 12.8. The third-order valence-corrected chi connectivity index (χ3v) is 4.77. The minimum Gasteiger partial charge on any atom is -0.456 e. The van der Waals surface area contributed by atoms with E-state index in [1.165, 1.54) is 0 Å². The number of nitrogens with one attached hydrogen (secondary N) is 2. The van der Waals surface area contributed by atoms with Crippen LogP contribution in [0.1, 0.15) is 24.0 Å². The zero-order chi connectivity index (χ0) is 23.2. The molecule has 0 bridgehead atoms. The van der Waals surface area contributed by atoms with Crippen molar-refractivity contribution >= 4 is 52.4 Å². The Bertz CT molecular complexity index is 997. The second kappa shape index (κ2) is 10.5. The van der Waals surface area contributed by atoms with Gasteiger partial charge in [-0.15, -0.1) is 0 Å². The molecule has 0 atom stereocenters. The van der Waals surface area contributed by atoms with E-state index in [2.05, 4.69) is 10.6 Å². The van der Waals surface area contributed by atoms with Crippen LogP contribution in [0, 0.1) is 6.92 Å². The summed E-state index contributed by atoms with van der Waals surface area (Å²) < 4.78 is 43.1. The van der Waals surface area contributed by atoms with Crippen molar-refractivity contribution in [2.24, 2.45) is 0 Å². The Balaban J connectivity index is 1.80. The van der Waals surface area contributed by atoms with E-state index in [9.17, 15) is 27.6 Å². The van der Waals surface area contributed by atoms with Crippen LogP contribution in [0.2, 0.25) is 10.0 Å². The first-order chi connectivity index (χ1) is 14.5. The molecule has 2 amide bonds. The average molecular weight is 477 g/mol. The summed E-state index contributed by atoms with van der Waals surface area (Å²) in [5.74, 6) is -2.17. The lowest BCUT2D eigenvalue weighted by molar-refractivity contribution is -0.147. The molecule has 11 heteroatoms. The maximum atomic E-state index is 12.8. The Hall–Kier alpha value is -2.78. The summed E-state index contributed by atoms with van der Waals surface area (Å²) in [6.45, 7) is 1.13. The Kier molecular flexibility index (Phi) is 8.29. The van der Waals surface area contributed by atoms with Crippen LogP contribution >= 0.6 is 23.2 Å². The molecular formula is C20H17Cl2F3N2O4. The fourth-order valence-electron chi connectivity index (χ4n) is 2.37. The number of hydrogen-bond donors (Lipinski definition) is 2. The normalized spacial score (nSPS) is 11.0. The molecular weight excluding hydrogens is 460 g/mol. The molecule has 0 saturated carbocycles. The molecule has 2 N–H and O–H groups in total. The molecule has 0 radical (unpaired) electrons. The van der Waals surface area contributed by atoms with Gasteiger partial charge in [-0.3, -0.25) is 14.4 Å². The molecule has 2 rings (SSSR count). The van der Waals surface area contributed by atoms with Crippen molar-refractivity contribution in [2.75, 3.05) is 17.2 Å². The fourth-order valence-corrected chi connectivity index (χ4v) is 2.71. The fraction of sp³-hybridized carbons (Fsp3) is 0.250. The molecule has 0 heterocycles. The van der Waals surface area contributed by atoms with Gasteiger partial charge in [0, 0.05) is 17.1 Å². The topological polar surface area (TPSA) is 84.5 Å². The van der Waals surface area contributed by atoms with Crippen molar-refractivity contribution in [1.29, 1.82) is 0 Å². The SMILES string of the molecule is Cc1c(Cl)cccc1NC(=O)COC(=O)CCC(=O)Nc1cc(C(F)(F)F)ccc1Cl. The van der Waals surface area contributed by atoms with Gasteiger partial charge in [-0.25, -0.2) is 0 Å². The largest absolute Gasteiger partial charge is 0.456 e. The number of carbonyl (C=O) groups excluding carboxylic acids is 3. The molecule has 2 aromatic carbocycles. The smallest absolute Gasteiger partial charge is 0.416 e. The summed E-state index contributed by atoms with van der Waals surface area (Å²) in [6.07, 6.45) is -5.36. The number of ether oxygens (including phenoxy) is 1. The van der Waals surface area contributed by atoms with Gasteiger partial charge >= 0.3 is 12.1 Å². The Morgan fingerprint density at radius 3 is 2.29 bits per heavy atom. The first-order valence-corrected chi connectivity index (χ1v) is 9.60. The summed E-state index contributed by atoms with van der Waals surface area (Å²) in [5, 5.41) is 5.13. The monoisotopic (exact) mass is 476 g/mol. The summed E-state index contributed by atoms with van der Waals surface area (Å²) in [6, 6.07) is 7.42. The first-order valence-electron chi connectivity index (χ1n) is 8.84. The molecule has 0 unspecified atom stereocenters. The van der Waals surface area contributed by atoms with Gasteiger partial charge in [0.1, 0.15) is 0 Å². The first kappa shape index (κ1) is 24.5. The van der Waals surface area contributed by atoms with Crippen LogP contribution < -0.4 is 10.6 Å². The number of anilines is 2. The summed E-state index contributed by atoms with van der Waals surface area (Å²) >= 11 is 11.8. The molecule has 166 valence electrons. The van der Waals surface area contributed by atoms with E-state index >= 15 is 0 Å². The highest BCUT2D eigenvalue weighted by Gasteiger charge is 2.31. The lowest BCUT2D eigenvalue weighted by Gasteiger charge is -2.12. The minimum atomic E-state index is -4.60. The van der Waals surface area contributed by atoms with Gasteiger partial charge in [0.15, 0.2) is 6.61 Å². The van der Waals surface area contributed by atoms with Crippen LogP contribution in [0.5, 0.6) is 0 Å². The average Bonchev–Trinajstić information content (AvgIpc) is 2.69. The molecule has 0 fully saturated rings. The number of alkyl halides is 3. The minimum absolute atomic E-state index is 0.0862. The molecule has 0 spiro atoms. The highest BCUT2D eigenvalue weighted by Crippen LogP contribution is 2.33. The van der Waals surface area contributed by atoms with E-state index in [-0.39, 0.29) is 23.6 Å². The molecule has 2 aromatic rings. The zero-order valence-electron chi connectivity index (χ0n) is 16.1. The molecule has 0 aromatic heterocycles. The van der Waals surface area contributed by atoms with E-state index in [1.54, 1.807) is 25.1 Å². The van der Waals surface area contributed by atoms with Crippen LogP contribution in [0.25, 0.3) is 0 Å². The van der Waals surface area contributed by atoms with E-state index in [0.29, 0.717) is 22.3 Å². The van der Waals surface area contributed by atoms with Crippen molar-refractivity contribution in [3.8, 4) is 0 Å². The second-order valence-corrected chi connectivity index (χ2v) is 7.18. The number of hydrogen-bond acceptors (Lipinski definition) is 4. The van der Waals surface area contributed by atoms with Crippen LogP contribution in [0.15, 0.2) is 36.4 Å². The van der Waals surface area contributed by atoms with Gasteiger partial charge < -0.3 is 15.4 Å². The van der Waals surface area contributed by atoms with Crippen molar-refractivity contribution in [1.82, 2.24) is 0 Å². The number of carbonyl (C=O) groups is 3. The Morgan fingerprint density at radius 2 is 1.61 bits per heavy atom. The van der Waals surface area contributed by atoms with Crippen LogP contribution in [0.3, 0.4) is 0 Å². The molecule has 0 aliphatic rings. The van der Waals surface area contributed by atoms with Crippen molar-refractivity contribution in [3.63, 3.8) is 0 Å². The van der Waals surface area contributed by atoms with E-state index < -0.39 is 36.1 Å². The molecule has 0 saturated heterocycles. The predicted molar refractivity (Wildman–Crippen MR) is 110 cm³/mol. The van der Waals surface area contributed by atoms with Gasteiger partial charge in [-0.05, 0) is 42.8 Å². The number of amides is 2. The highest BCUT2D eigenvalue weighted by molar-refractivity contribution is 6.33. The number of rotatable bonds is 7. The third kappa shape index (κ3) is 7.45. The molecule has 0 aliphatic heterocycles. The van der Waals surface area contributed by atoms with E-state index in [0.717, 1.165) is 12.1 Å². The lowest BCUT2D eigenvalue weighted by Crippen LogP contribution is -2.22. The van der Waals surface area contributed by atoms with Gasteiger partial charge in [-0.2, -0.15) is 13.2 Å². The van der Waals surface area contributed by atoms with E-state index in [1.807, 2.05) is 0 Å². The summed E-state index contributed by atoms with van der Waals surface area (Å²) in [4.78, 5) is 35.6. The zero-order valence-corrected chi connectivity index (χ0v) is 17.6.